The molecule has 0 amide bonds. The topological polar surface area (TPSA) is 12.4 Å². The lowest BCUT2D eigenvalue weighted by Crippen LogP contribution is -2.22. The van der Waals surface area contributed by atoms with Crippen molar-refractivity contribution >= 4 is 34.3 Å². The van der Waals surface area contributed by atoms with Crippen LogP contribution in [0.25, 0.3) is 0 Å². The van der Waals surface area contributed by atoms with Crippen molar-refractivity contribution in [3.8, 4) is 0 Å². The van der Waals surface area contributed by atoms with E-state index in [0.717, 1.165) is 17.2 Å². The van der Waals surface area contributed by atoms with Gasteiger partial charge in [0.1, 0.15) is 5.04 Å². The fraction of sp³-hybridized carbons (Fsp3) is 0.227. The summed E-state index contributed by atoms with van der Waals surface area (Å²) >= 11 is 3.47. The Morgan fingerprint density at radius 1 is 1.08 bits per heavy atom. The van der Waals surface area contributed by atoms with Crippen molar-refractivity contribution in [2.24, 2.45) is 10.4 Å². The summed E-state index contributed by atoms with van der Waals surface area (Å²) < 4.78 is 0. The fourth-order valence-corrected chi connectivity index (χ4v) is 4.39. The lowest BCUT2D eigenvalue weighted by molar-refractivity contribution is 0.472. The van der Waals surface area contributed by atoms with Gasteiger partial charge in [0.2, 0.25) is 0 Å². The van der Waals surface area contributed by atoms with Crippen LogP contribution in [0.5, 0.6) is 0 Å². The molecule has 1 aliphatic rings. The van der Waals surface area contributed by atoms with Crippen LogP contribution in [-0.2, 0) is 0 Å². The van der Waals surface area contributed by atoms with E-state index in [1.54, 1.807) is 23.5 Å². The maximum atomic E-state index is 4.91. The number of rotatable bonds is 3. The van der Waals surface area contributed by atoms with Gasteiger partial charge in [-0.05, 0) is 58.9 Å². The number of hydrogen-bond donors (Lipinski definition) is 0. The van der Waals surface area contributed by atoms with Crippen LogP contribution >= 0.6 is 23.5 Å². The molecule has 0 spiro atoms. The van der Waals surface area contributed by atoms with Crippen LogP contribution in [0.2, 0.25) is 0 Å². The van der Waals surface area contributed by atoms with Gasteiger partial charge in [-0.15, -0.1) is 0 Å². The van der Waals surface area contributed by atoms with E-state index in [1.165, 1.54) is 20.9 Å². The number of hydrogen-bond acceptors (Lipinski definition) is 3. The van der Waals surface area contributed by atoms with Crippen molar-refractivity contribution < 1.29 is 0 Å². The van der Waals surface area contributed by atoms with Crippen molar-refractivity contribution in [2.45, 2.75) is 32.1 Å². The average Bonchev–Trinajstić information content (AvgIpc) is 2.60. The van der Waals surface area contributed by atoms with Crippen LogP contribution in [0.15, 0.2) is 87.0 Å². The van der Waals surface area contributed by atoms with E-state index in [2.05, 4.69) is 81.3 Å². The molecule has 0 atom stereocenters. The molecule has 0 aromatic heterocycles. The van der Waals surface area contributed by atoms with Gasteiger partial charge in [0.25, 0.3) is 0 Å². The van der Waals surface area contributed by atoms with Crippen LogP contribution < -0.4 is 0 Å². The Labute approximate surface area is 159 Å². The summed E-state index contributed by atoms with van der Waals surface area (Å²) in [4.78, 5) is 7.33. The molecule has 0 aliphatic carbocycles. The minimum absolute atomic E-state index is 0.0834. The summed E-state index contributed by atoms with van der Waals surface area (Å²) in [6, 6.07) is 18.8. The zero-order valence-corrected chi connectivity index (χ0v) is 16.6. The molecule has 1 nitrogen and oxygen atoms in total. The summed E-state index contributed by atoms with van der Waals surface area (Å²) in [7, 11) is 0. The number of aliphatic imine (C=N–C) groups is 1. The molecule has 2 aromatic carbocycles. The van der Waals surface area contributed by atoms with Crippen LogP contribution in [0.4, 0.5) is 5.69 Å². The second-order valence-corrected chi connectivity index (χ2v) is 8.94. The van der Waals surface area contributed by atoms with E-state index >= 15 is 0 Å². The maximum Gasteiger partial charge on any atom is 0.105 e. The minimum atomic E-state index is 0.0834. The lowest BCUT2D eigenvalue weighted by atomic mass is 9.85. The van der Waals surface area contributed by atoms with Gasteiger partial charge in [0, 0.05) is 4.90 Å². The first-order valence-corrected chi connectivity index (χ1v) is 10.1. The Morgan fingerprint density at radius 2 is 1.76 bits per heavy atom. The molecule has 1 saturated heterocycles. The Balaban J connectivity index is 1.92. The second kappa shape index (κ2) is 7.67. The fourth-order valence-electron chi connectivity index (χ4n) is 2.53. The molecule has 0 bridgehead atoms. The Hall–Kier alpha value is -1.71. The third kappa shape index (κ3) is 4.68. The Kier molecular flexibility index (Phi) is 5.55. The van der Waals surface area contributed by atoms with E-state index in [-0.39, 0.29) is 5.41 Å². The van der Waals surface area contributed by atoms with Gasteiger partial charge in [-0.3, -0.25) is 0 Å². The number of benzene rings is 2. The van der Waals surface area contributed by atoms with Crippen molar-refractivity contribution in [2.75, 3.05) is 0 Å². The highest BCUT2D eigenvalue weighted by Crippen LogP contribution is 2.47. The van der Waals surface area contributed by atoms with E-state index in [9.17, 15) is 0 Å². The first kappa shape index (κ1) is 18.1. The smallest absolute Gasteiger partial charge is 0.105 e. The molecule has 1 heterocycles. The minimum Gasteiger partial charge on any atom is -0.241 e. The van der Waals surface area contributed by atoms with E-state index in [0.29, 0.717) is 0 Å². The highest BCUT2D eigenvalue weighted by atomic mass is 32.2. The number of allylic oxidation sites excluding steroid dienone is 1. The van der Waals surface area contributed by atoms with Gasteiger partial charge >= 0.3 is 0 Å². The SMILES string of the molecule is C=C1SC(=Nc2ccc(C)cc2)/C(=C/Sc2ccccc2)CC1(C)C. The summed E-state index contributed by atoms with van der Waals surface area (Å²) in [5, 5.41) is 3.32. The molecule has 3 heteroatoms. The Morgan fingerprint density at radius 3 is 2.44 bits per heavy atom. The van der Waals surface area contributed by atoms with E-state index in [4.69, 9.17) is 4.99 Å². The van der Waals surface area contributed by atoms with Crippen molar-refractivity contribution in [3.63, 3.8) is 0 Å². The third-order valence-corrected chi connectivity index (χ3v) is 6.52. The first-order valence-electron chi connectivity index (χ1n) is 8.38. The molecule has 1 fully saturated rings. The molecule has 0 N–H and O–H groups in total. The van der Waals surface area contributed by atoms with Crippen molar-refractivity contribution in [3.05, 3.63) is 82.6 Å². The van der Waals surface area contributed by atoms with Gasteiger partial charge in [0.15, 0.2) is 0 Å². The molecule has 3 rings (SSSR count). The highest BCUT2D eigenvalue weighted by Gasteiger charge is 2.32. The third-order valence-electron chi connectivity index (χ3n) is 4.23. The molecule has 128 valence electrons. The largest absolute Gasteiger partial charge is 0.241 e. The van der Waals surface area contributed by atoms with Gasteiger partial charge in [0.05, 0.1) is 5.69 Å². The van der Waals surface area contributed by atoms with Crippen LogP contribution in [0.3, 0.4) is 0 Å². The standard InChI is InChI=1S/C22H23NS2/c1-16-10-12-19(13-11-16)23-21-18(14-22(3,4)17(2)25-21)15-24-20-8-6-5-7-9-20/h5-13,15H,2,14H2,1,3-4H3/b18-15+,23-21?. The van der Waals surface area contributed by atoms with Gasteiger partial charge in [-0.25, -0.2) is 4.99 Å². The number of thioether (sulfide) groups is 2. The van der Waals surface area contributed by atoms with Gasteiger partial charge in [-0.1, -0.05) is 79.8 Å². The monoisotopic (exact) mass is 365 g/mol. The predicted octanol–water partition coefficient (Wildman–Crippen LogP) is 7.38. The molecular formula is C22H23NS2. The molecule has 0 radical (unpaired) electrons. The van der Waals surface area contributed by atoms with Crippen LogP contribution in [0.1, 0.15) is 25.8 Å². The average molecular weight is 366 g/mol. The first-order chi connectivity index (χ1) is 11.9. The van der Waals surface area contributed by atoms with Gasteiger partial charge in [-0.2, -0.15) is 0 Å². The second-order valence-electron chi connectivity index (χ2n) is 6.91. The zero-order chi connectivity index (χ0) is 17.9. The predicted molar refractivity (Wildman–Crippen MR) is 114 cm³/mol. The summed E-state index contributed by atoms with van der Waals surface area (Å²) in [5.74, 6) is 0. The van der Waals surface area contributed by atoms with Crippen LogP contribution in [0, 0.1) is 12.3 Å². The van der Waals surface area contributed by atoms with Crippen LogP contribution in [-0.4, -0.2) is 5.04 Å². The van der Waals surface area contributed by atoms with E-state index < -0.39 is 0 Å². The number of aryl methyl sites for hydroxylation is 1. The quantitative estimate of drug-likeness (QED) is 0.526. The van der Waals surface area contributed by atoms with Crippen molar-refractivity contribution in [1.82, 2.24) is 0 Å². The van der Waals surface area contributed by atoms with Gasteiger partial charge < -0.3 is 0 Å². The summed E-state index contributed by atoms with van der Waals surface area (Å²) in [6.45, 7) is 10.9. The zero-order valence-electron chi connectivity index (χ0n) is 15.0. The molecule has 25 heavy (non-hydrogen) atoms. The molecule has 0 saturated carbocycles. The lowest BCUT2D eigenvalue weighted by Gasteiger charge is -2.33. The van der Waals surface area contributed by atoms with E-state index in [1.807, 2.05) is 6.07 Å². The summed E-state index contributed by atoms with van der Waals surface area (Å²) in [6.07, 6.45) is 0.962. The molecule has 1 aliphatic heterocycles. The normalized spacial score (nSPS) is 20.2. The summed E-state index contributed by atoms with van der Waals surface area (Å²) in [5.41, 5.74) is 3.62. The molecule has 0 unspecified atom stereocenters. The molecular weight excluding hydrogens is 342 g/mol. The van der Waals surface area contributed by atoms with Crippen molar-refractivity contribution in [1.29, 1.82) is 0 Å². The Bertz CT molecular complexity index is 815. The number of nitrogens with zero attached hydrogens (tertiary/aromatic N) is 1. The maximum absolute atomic E-state index is 4.91. The molecule has 2 aromatic rings. The highest BCUT2D eigenvalue weighted by molar-refractivity contribution is 8.17.